The lowest BCUT2D eigenvalue weighted by atomic mass is 9.96. The molecule has 1 atom stereocenters. The smallest absolute Gasteiger partial charge is 0.213 e. The summed E-state index contributed by atoms with van der Waals surface area (Å²) >= 11 is 0. The lowest BCUT2D eigenvalue weighted by Gasteiger charge is -2.31. The summed E-state index contributed by atoms with van der Waals surface area (Å²) in [6.45, 7) is 5.88. The van der Waals surface area contributed by atoms with Gasteiger partial charge in [0.2, 0.25) is 10.0 Å². The minimum absolute atomic E-state index is 0.182. The minimum atomic E-state index is -3.09. The van der Waals surface area contributed by atoms with Crippen molar-refractivity contribution in [2.45, 2.75) is 39.7 Å². The summed E-state index contributed by atoms with van der Waals surface area (Å²) in [6.07, 6.45) is 4.74. The first-order valence-corrected chi connectivity index (χ1v) is 10.6. The first-order chi connectivity index (χ1) is 12.0. The van der Waals surface area contributed by atoms with Gasteiger partial charge in [-0.3, -0.25) is 0 Å². The molecule has 1 aromatic heterocycles. The van der Waals surface area contributed by atoms with Crippen LogP contribution >= 0.6 is 0 Å². The van der Waals surface area contributed by atoms with E-state index in [1.807, 2.05) is 12.3 Å². The third-order valence-electron chi connectivity index (χ3n) is 5.03. The fraction of sp³-hybridized carbons (Fsp3) is 0.526. The van der Waals surface area contributed by atoms with Gasteiger partial charge in [0.15, 0.2) is 0 Å². The zero-order valence-electron chi connectivity index (χ0n) is 15.1. The highest BCUT2D eigenvalue weighted by Gasteiger charge is 2.28. The van der Waals surface area contributed by atoms with Gasteiger partial charge in [-0.2, -0.15) is 0 Å². The molecule has 1 aliphatic heterocycles. The molecule has 136 valence electrons. The summed E-state index contributed by atoms with van der Waals surface area (Å²) in [6, 6.07) is 10.4. The number of rotatable bonds is 6. The maximum Gasteiger partial charge on any atom is 0.213 e. The topological polar surface area (TPSA) is 55.2 Å². The van der Waals surface area contributed by atoms with E-state index in [1.165, 1.54) is 5.56 Å². The zero-order chi connectivity index (χ0) is 17.9. The quantitative estimate of drug-likeness (QED) is 0.795. The fourth-order valence-corrected chi connectivity index (χ4v) is 4.75. The van der Waals surface area contributed by atoms with Crippen LogP contribution < -0.4 is 0 Å². The normalized spacial score (nSPS) is 19.2. The Balaban J connectivity index is 1.73. The molecule has 2 aromatic rings. The Bertz CT molecular complexity index is 799. The molecule has 0 aliphatic carbocycles. The van der Waals surface area contributed by atoms with Crippen LogP contribution in [0.25, 0.3) is 0 Å². The third kappa shape index (κ3) is 4.30. The van der Waals surface area contributed by atoms with Crippen molar-refractivity contribution in [3.63, 3.8) is 0 Å². The van der Waals surface area contributed by atoms with Gasteiger partial charge >= 0.3 is 0 Å². The van der Waals surface area contributed by atoms with E-state index in [0.29, 0.717) is 19.0 Å². The monoisotopic (exact) mass is 361 g/mol. The molecule has 0 radical (unpaired) electrons. The van der Waals surface area contributed by atoms with Crippen molar-refractivity contribution in [1.82, 2.24) is 13.9 Å². The largest absolute Gasteiger partial charge is 0.328 e. The van der Waals surface area contributed by atoms with E-state index in [-0.39, 0.29) is 5.75 Å². The van der Waals surface area contributed by atoms with E-state index in [1.54, 1.807) is 11.2 Å². The number of aromatic nitrogens is 2. The third-order valence-corrected chi connectivity index (χ3v) is 6.88. The van der Waals surface area contributed by atoms with Crippen molar-refractivity contribution in [3.8, 4) is 0 Å². The van der Waals surface area contributed by atoms with Crippen LogP contribution in [0, 0.1) is 12.8 Å². The van der Waals surface area contributed by atoms with Crippen LogP contribution in [0.5, 0.6) is 0 Å². The van der Waals surface area contributed by atoms with E-state index < -0.39 is 10.0 Å². The second-order valence-electron chi connectivity index (χ2n) is 6.86. The van der Waals surface area contributed by atoms with E-state index in [2.05, 4.69) is 40.7 Å². The van der Waals surface area contributed by atoms with Crippen LogP contribution in [0.2, 0.25) is 0 Å². The summed E-state index contributed by atoms with van der Waals surface area (Å²) in [5.41, 5.74) is 2.40. The van der Waals surface area contributed by atoms with Gasteiger partial charge in [-0.15, -0.1) is 0 Å². The standard InChI is InChI=1S/C19H27N3O2S/c1-3-25(23,24)21-11-7-10-18(14-21)12-19-20-13-16(2)22(19)15-17-8-5-4-6-9-17/h4-6,8-9,13,18H,3,7,10-12,14-15H2,1-2H3. The Kier molecular flexibility index (Phi) is 5.59. The zero-order valence-corrected chi connectivity index (χ0v) is 15.9. The minimum Gasteiger partial charge on any atom is -0.328 e. The molecular weight excluding hydrogens is 334 g/mol. The highest BCUT2D eigenvalue weighted by Crippen LogP contribution is 2.23. The van der Waals surface area contributed by atoms with Crippen LogP contribution in [0.4, 0.5) is 0 Å². The van der Waals surface area contributed by atoms with Crippen molar-refractivity contribution < 1.29 is 8.42 Å². The first kappa shape index (κ1) is 18.1. The molecule has 1 fully saturated rings. The number of hydrogen-bond acceptors (Lipinski definition) is 3. The van der Waals surface area contributed by atoms with Gasteiger partial charge in [-0.05, 0) is 38.2 Å². The SMILES string of the molecule is CCS(=O)(=O)N1CCCC(Cc2ncc(C)n2Cc2ccccc2)C1. The van der Waals surface area contributed by atoms with E-state index in [9.17, 15) is 8.42 Å². The maximum absolute atomic E-state index is 12.2. The number of imidazole rings is 1. The van der Waals surface area contributed by atoms with Gasteiger partial charge in [0, 0.05) is 37.9 Å². The van der Waals surface area contributed by atoms with Gasteiger partial charge in [0.05, 0.1) is 5.75 Å². The van der Waals surface area contributed by atoms with Crippen LogP contribution in [0.3, 0.4) is 0 Å². The number of hydrogen-bond donors (Lipinski definition) is 0. The van der Waals surface area contributed by atoms with Crippen molar-refractivity contribution in [2.75, 3.05) is 18.8 Å². The fourth-order valence-electron chi connectivity index (χ4n) is 3.54. The molecule has 0 spiro atoms. The molecule has 5 nitrogen and oxygen atoms in total. The number of benzene rings is 1. The molecule has 3 rings (SSSR count). The van der Waals surface area contributed by atoms with Crippen molar-refractivity contribution in [1.29, 1.82) is 0 Å². The lowest BCUT2D eigenvalue weighted by Crippen LogP contribution is -2.41. The predicted molar refractivity (Wildman–Crippen MR) is 100.0 cm³/mol. The summed E-state index contributed by atoms with van der Waals surface area (Å²) in [5.74, 6) is 1.58. The Hall–Kier alpha value is -1.66. The molecule has 1 aliphatic rings. The second kappa shape index (κ2) is 7.70. The Morgan fingerprint density at radius 2 is 2.00 bits per heavy atom. The summed E-state index contributed by atoms with van der Waals surface area (Å²) in [7, 11) is -3.09. The van der Waals surface area contributed by atoms with Gasteiger partial charge in [-0.25, -0.2) is 17.7 Å². The average Bonchev–Trinajstić information content (AvgIpc) is 2.96. The van der Waals surface area contributed by atoms with E-state index in [4.69, 9.17) is 0 Å². The van der Waals surface area contributed by atoms with Gasteiger partial charge < -0.3 is 4.57 Å². The molecule has 0 bridgehead atoms. The highest BCUT2D eigenvalue weighted by atomic mass is 32.2. The van der Waals surface area contributed by atoms with Crippen LogP contribution in [0.15, 0.2) is 36.5 Å². The summed E-state index contributed by atoms with van der Waals surface area (Å²) in [4.78, 5) is 4.61. The lowest BCUT2D eigenvalue weighted by molar-refractivity contribution is 0.262. The molecule has 1 aromatic carbocycles. The van der Waals surface area contributed by atoms with E-state index >= 15 is 0 Å². The second-order valence-corrected chi connectivity index (χ2v) is 9.12. The number of aryl methyl sites for hydroxylation is 1. The van der Waals surface area contributed by atoms with E-state index in [0.717, 1.165) is 37.3 Å². The van der Waals surface area contributed by atoms with Crippen molar-refractivity contribution >= 4 is 10.0 Å². The highest BCUT2D eigenvalue weighted by molar-refractivity contribution is 7.89. The van der Waals surface area contributed by atoms with Gasteiger partial charge in [0.25, 0.3) is 0 Å². The number of sulfonamides is 1. The molecule has 25 heavy (non-hydrogen) atoms. The molecule has 1 saturated heterocycles. The molecule has 6 heteroatoms. The maximum atomic E-state index is 12.2. The predicted octanol–water partition coefficient (Wildman–Crippen LogP) is 2.84. The number of piperidine rings is 1. The molecule has 1 unspecified atom stereocenters. The molecule has 0 amide bonds. The summed E-state index contributed by atoms with van der Waals surface area (Å²) < 4.78 is 28.3. The first-order valence-electron chi connectivity index (χ1n) is 9.02. The van der Waals surface area contributed by atoms with Gasteiger partial charge in [0.1, 0.15) is 5.82 Å². The Morgan fingerprint density at radius 1 is 1.24 bits per heavy atom. The molecule has 0 saturated carbocycles. The van der Waals surface area contributed by atoms with Crippen LogP contribution in [-0.2, 0) is 23.0 Å². The van der Waals surface area contributed by atoms with Gasteiger partial charge in [-0.1, -0.05) is 30.3 Å². The van der Waals surface area contributed by atoms with Crippen molar-refractivity contribution in [2.24, 2.45) is 5.92 Å². The molecule has 0 N–H and O–H groups in total. The summed E-state index contributed by atoms with van der Waals surface area (Å²) in [5, 5.41) is 0. The molecular formula is C19H27N3O2S. The van der Waals surface area contributed by atoms with Crippen molar-refractivity contribution in [3.05, 3.63) is 53.6 Å². The number of nitrogens with zero attached hydrogens (tertiary/aromatic N) is 3. The Labute approximate surface area is 150 Å². The average molecular weight is 362 g/mol. The molecule has 2 heterocycles. The Morgan fingerprint density at radius 3 is 2.72 bits per heavy atom. The van der Waals surface area contributed by atoms with Crippen LogP contribution in [0.1, 0.15) is 36.8 Å². The van der Waals surface area contributed by atoms with Crippen LogP contribution in [-0.4, -0.2) is 41.1 Å².